The molecule has 0 aliphatic carbocycles. The quantitative estimate of drug-likeness (QED) is 0.541. The van der Waals surface area contributed by atoms with Crippen LogP contribution in [0.15, 0.2) is 30.3 Å². The summed E-state index contributed by atoms with van der Waals surface area (Å²) >= 11 is 1.26. The SMILES string of the molecule is CN1CCN([C@@H]2COC[C@H]2NC(=O)c2nn(C(C)(C)C)c3nc(NC(=O)c4ccccc4)sc23)CC1. The first-order valence-corrected chi connectivity index (χ1v) is 13.1. The van der Waals surface area contributed by atoms with E-state index < -0.39 is 5.54 Å². The van der Waals surface area contributed by atoms with Gasteiger partial charge in [-0.15, -0.1) is 0 Å². The number of carbonyl (C=O) groups is 2. The van der Waals surface area contributed by atoms with Crippen molar-refractivity contribution in [3.63, 3.8) is 0 Å². The van der Waals surface area contributed by atoms with E-state index in [0.29, 0.717) is 39.9 Å². The first-order valence-electron chi connectivity index (χ1n) is 12.3. The molecule has 0 radical (unpaired) electrons. The van der Waals surface area contributed by atoms with Crippen molar-refractivity contribution in [2.45, 2.75) is 38.4 Å². The average Bonchev–Trinajstić information content (AvgIpc) is 3.55. The molecule has 10 nitrogen and oxygen atoms in total. The van der Waals surface area contributed by atoms with Gasteiger partial charge in [0, 0.05) is 31.7 Å². The summed E-state index contributed by atoms with van der Waals surface area (Å²) in [5, 5.41) is 11.2. The topological polar surface area (TPSA) is 105 Å². The molecule has 2 fully saturated rings. The maximum absolute atomic E-state index is 13.5. The number of rotatable bonds is 5. The first-order chi connectivity index (χ1) is 17.2. The number of nitrogens with zero attached hydrogens (tertiary/aromatic N) is 5. The van der Waals surface area contributed by atoms with Crippen LogP contribution in [0.3, 0.4) is 0 Å². The second-order valence-corrected chi connectivity index (χ2v) is 11.4. The van der Waals surface area contributed by atoms with Crippen molar-refractivity contribution in [1.29, 1.82) is 0 Å². The van der Waals surface area contributed by atoms with Gasteiger partial charge in [-0.05, 0) is 40.0 Å². The van der Waals surface area contributed by atoms with Crippen LogP contribution in [0.1, 0.15) is 41.6 Å². The second-order valence-electron chi connectivity index (χ2n) is 10.4. The van der Waals surface area contributed by atoms with E-state index in [4.69, 9.17) is 4.74 Å². The molecular weight excluding hydrogens is 478 g/mol. The molecule has 4 heterocycles. The van der Waals surface area contributed by atoms with E-state index in [9.17, 15) is 9.59 Å². The van der Waals surface area contributed by atoms with Crippen LogP contribution >= 0.6 is 11.3 Å². The van der Waals surface area contributed by atoms with Gasteiger partial charge in [0.25, 0.3) is 11.8 Å². The molecule has 0 bridgehead atoms. The molecule has 3 aromatic rings. The molecule has 192 valence electrons. The van der Waals surface area contributed by atoms with Crippen LogP contribution in [-0.2, 0) is 10.3 Å². The molecule has 0 spiro atoms. The fourth-order valence-electron chi connectivity index (χ4n) is 4.66. The second kappa shape index (κ2) is 9.89. The van der Waals surface area contributed by atoms with Crippen molar-refractivity contribution in [2.24, 2.45) is 0 Å². The van der Waals surface area contributed by atoms with Crippen molar-refractivity contribution < 1.29 is 14.3 Å². The van der Waals surface area contributed by atoms with E-state index in [1.165, 1.54) is 11.3 Å². The highest BCUT2D eigenvalue weighted by Gasteiger charge is 2.37. The van der Waals surface area contributed by atoms with Crippen LogP contribution < -0.4 is 10.6 Å². The average molecular weight is 512 g/mol. The van der Waals surface area contributed by atoms with Crippen molar-refractivity contribution in [3.05, 3.63) is 41.6 Å². The lowest BCUT2D eigenvalue weighted by Crippen LogP contribution is -2.56. The highest BCUT2D eigenvalue weighted by Crippen LogP contribution is 2.32. The van der Waals surface area contributed by atoms with Crippen LogP contribution in [0.2, 0.25) is 0 Å². The predicted molar refractivity (Wildman–Crippen MR) is 140 cm³/mol. The maximum atomic E-state index is 13.5. The first kappa shape index (κ1) is 24.8. The third-order valence-corrected chi connectivity index (χ3v) is 7.67. The molecule has 2 saturated heterocycles. The molecule has 2 atom stereocenters. The summed E-state index contributed by atoms with van der Waals surface area (Å²) in [6, 6.07) is 9.02. The number of anilines is 1. The zero-order valence-corrected chi connectivity index (χ0v) is 22.0. The molecule has 0 unspecified atom stereocenters. The van der Waals surface area contributed by atoms with Crippen LogP contribution in [0, 0.1) is 0 Å². The number of fused-ring (bicyclic) bond motifs is 1. The zero-order chi connectivity index (χ0) is 25.4. The van der Waals surface area contributed by atoms with E-state index in [-0.39, 0.29) is 23.9 Å². The Morgan fingerprint density at radius 2 is 1.78 bits per heavy atom. The highest BCUT2D eigenvalue weighted by atomic mass is 32.1. The summed E-state index contributed by atoms with van der Waals surface area (Å²) in [6.07, 6.45) is 0. The maximum Gasteiger partial charge on any atom is 0.273 e. The van der Waals surface area contributed by atoms with Crippen LogP contribution in [-0.4, -0.2) is 94.9 Å². The normalized spacial score (nSPS) is 21.7. The minimum absolute atomic E-state index is 0.110. The number of amides is 2. The lowest BCUT2D eigenvalue weighted by atomic mass is 10.1. The summed E-state index contributed by atoms with van der Waals surface area (Å²) in [6.45, 7) is 11.0. The lowest BCUT2D eigenvalue weighted by Gasteiger charge is -2.38. The Morgan fingerprint density at radius 3 is 2.47 bits per heavy atom. The van der Waals surface area contributed by atoms with Crippen molar-refractivity contribution in [1.82, 2.24) is 29.9 Å². The largest absolute Gasteiger partial charge is 0.378 e. The van der Waals surface area contributed by atoms with Gasteiger partial charge in [0.15, 0.2) is 16.5 Å². The smallest absolute Gasteiger partial charge is 0.273 e. The molecule has 2 N–H and O–H groups in total. The molecule has 2 amide bonds. The molecule has 36 heavy (non-hydrogen) atoms. The van der Waals surface area contributed by atoms with Gasteiger partial charge in [0.1, 0.15) is 4.70 Å². The number of benzene rings is 1. The summed E-state index contributed by atoms with van der Waals surface area (Å²) in [7, 11) is 2.13. The molecule has 2 aliphatic heterocycles. The fraction of sp³-hybridized carbons (Fsp3) is 0.520. The van der Waals surface area contributed by atoms with Crippen LogP contribution in [0.4, 0.5) is 5.13 Å². The number of hydrogen-bond acceptors (Lipinski definition) is 8. The molecule has 2 aliphatic rings. The fourth-order valence-corrected chi connectivity index (χ4v) is 5.58. The Balaban J connectivity index is 1.39. The van der Waals surface area contributed by atoms with Gasteiger partial charge in [-0.25, -0.2) is 4.68 Å². The Kier molecular flexibility index (Phi) is 6.82. The van der Waals surface area contributed by atoms with Crippen molar-refractivity contribution in [3.8, 4) is 0 Å². The van der Waals surface area contributed by atoms with E-state index in [1.807, 2.05) is 39.0 Å². The number of ether oxygens (including phenoxy) is 1. The zero-order valence-electron chi connectivity index (χ0n) is 21.2. The molecular formula is C25H33N7O3S. The van der Waals surface area contributed by atoms with E-state index in [0.717, 1.165) is 26.2 Å². The minimum Gasteiger partial charge on any atom is -0.378 e. The standard InChI is InChI=1S/C25H33N7O3S/c1-25(2,3)32-21-20(36-24(27-21)28-22(33)16-8-6-5-7-9-16)19(29-32)23(34)26-17-14-35-15-18(17)31-12-10-30(4)11-13-31/h5-9,17-18H,10-15H2,1-4H3,(H,26,34)(H,27,28,33)/t17-,18-/m1/s1. The number of hydrogen-bond donors (Lipinski definition) is 2. The molecule has 2 aromatic heterocycles. The summed E-state index contributed by atoms with van der Waals surface area (Å²) < 4.78 is 8.18. The van der Waals surface area contributed by atoms with Crippen LogP contribution in [0.5, 0.6) is 0 Å². The van der Waals surface area contributed by atoms with Gasteiger partial charge in [-0.3, -0.25) is 19.8 Å². The van der Waals surface area contributed by atoms with Crippen LogP contribution in [0.25, 0.3) is 10.3 Å². The van der Waals surface area contributed by atoms with E-state index in [1.54, 1.807) is 16.8 Å². The van der Waals surface area contributed by atoms with Gasteiger partial charge in [-0.2, -0.15) is 10.1 Å². The van der Waals surface area contributed by atoms with E-state index in [2.05, 4.69) is 37.6 Å². The van der Waals surface area contributed by atoms with E-state index >= 15 is 0 Å². The van der Waals surface area contributed by atoms with Gasteiger partial charge in [0.05, 0.1) is 30.8 Å². The van der Waals surface area contributed by atoms with Gasteiger partial charge >= 0.3 is 0 Å². The Morgan fingerprint density at radius 1 is 1.06 bits per heavy atom. The number of nitrogens with one attached hydrogen (secondary N) is 2. The number of thiazole rings is 1. The molecule has 11 heteroatoms. The number of carbonyl (C=O) groups excluding carboxylic acids is 2. The summed E-state index contributed by atoms with van der Waals surface area (Å²) in [5.41, 5.74) is 1.05. The molecule has 5 rings (SSSR count). The summed E-state index contributed by atoms with van der Waals surface area (Å²) in [5.74, 6) is -0.492. The molecule has 0 saturated carbocycles. The number of likely N-dealkylation sites (N-methyl/N-ethyl adjacent to an activating group) is 1. The Bertz CT molecular complexity index is 1240. The number of piperazine rings is 1. The van der Waals surface area contributed by atoms with Crippen molar-refractivity contribution in [2.75, 3.05) is 51.8 Å². The third-order valence-electron chi connectivity index (χ3n) is 6.71. The monoisotopic (exact) mass is 511 g/mol. The lowest BCUT2D eigenvalue weighted by molar-refractivity contribution is 0.0826. The minimum atomic E-state index is -0.398. The Labute approximate surface area is 214 Å². The molecule has 1 aromatic carbocycles. The van der Waals surface area contributed by atoms with Gasteiger partial charge < -0.3 is 15.0 Å². The highest BCUT2D eigenvalue weighted by molar-refractivity contribution is 7.22. The summed E-state index contributed by atoms with van der Waals surface area (Å²) in [4.78, 5) is 35.6. The number of aromatic nitrogens is 3. The third kappa shape index (κ3) is 5.01. The Hall–Kier alpha value is -2.86. The van der Waals surface area contributed by atoms with Crippen molar-refractivity contribution >= 4 is 38.6 Å². The predicted octanol–water partition coefficient (Wildman–Crippen LogP) is 2.24. The van der Waals surface area contributed by atoms with Gasteiger partial charge in [-0.1, -0.05) is 29.5 Å². The van der Waals surface area contributed by atoms with Gasteiger partial charge in [0.2, 0.25) is 0 Å².